The number of hydrogen-bond donors (Lipinski definition) is 2. The third-order valence-corrected chi connectivity index (χ3v) is 2.83. The first-order valence-corrected chi connectivity index (χ1v) is 6.05. The monoisotopic (exact) mass is 261 g/mol. The third kappa shape index (κ3) is 3.69. The molecule has 0 saturated heterocycles. The number of halogens is 1. The smallest absolute Gasteiger partial charge is 0.125 e. The molecule has 2 rings (SSSR count). The van der Waals surface area contributed by atoms with E-state index in [-0.39, 0.29) is 12.4 Å². The first-order chi connectivity index (χ1) is 9.19. The van der Waals surface area contributed by atoms with Gasteiger partial charge in [-0.15, -0.1) is 0 Å². The molecule has 0 aliphatic carbocycles. The van der Waals surface area contributed by atoms with Gasteiger partial charge in [0.1, 0.15) is 18.2 Å². The molecule has 0 radical (unpaired) electrons. The fourth-order valence-electron chi connectivity index (χ4n) is 1.74. The Balaban J connectivity index is 1.98. The predicted molar refractivity (Wildman–Crippen MR) is 72.4 cm³/mol. The van der Waals surface area contributed by atoms with Gasteiger partial charge in [-0.25, -0.2) is 4.39 Å². The summed E-state index contributed by atoms with van der Waals surface area (Å²) in [6.45, 7) is 0.428. The molecule has 4 heteroatoms. The Morgan fingerprint density at radius 2 is 1.84 bits per heavy atom. The maximum absolute atomic E-state index is 12.9. The number of benzene rings is 2. The van der Waals surface area contributed by atoms with E-state index < -0.39 is 0 Å². The van der Waals surface area contributed by atoms with E-state index in [9.17, 15) is 4.39 Å². The van der Waals surface area contributed by atoms with Crippen LogP contribution in [0, 0.1) is 5.82 Å². The second-order valence-corrected chi connectivity index (χ2v) is 4.25. The average molecular weight is 261 g/mol. The Bertz CT molecular complexity index is 540. The van der Waals surface area contributed by atoms with Crippen LogP contribution in [0.1, 0.15) is 11.1 Å². The van der Waals surface area contributed by atoms with Crippen LogP contribution in [0.5, 0.6) is 5.75 Å². The van der Waals surface area contributed by atoms with Crippen LogP contribution in [-0.2, 0) is 13.0 Å². The van der Waals surface area contributed by atoms with Crippen molar-refractivity contribution in [3.05, 3.63) is 59.4 Å². The van der Waals surface area contributed by atoms with Gasteiger partial charge in [0.25, 0.3) is 0 Å². The fourth-order valence-corrected chi connectivity index (χ4v) is 1.74. The number of anilines is 1. The topological polar surface area (TPSA) is 55.5 Å². The molecule has 3 N–H and O–H groups in total. The Kier molecular flexibility index (Phi) is 4.36. The first-order valence-electron chi connectivity index (χ1n) is 6.05. The van der Waals surface area contributed by atoms with Gasteiger partial charge >= 0.3 is 0 Å². The lowest BCUT2D eigenvalue weighted by atomic mass is 10.1. The number of aliphatic hydroxyl groups is 1. The summed E-state index contributed by atoms with van der Waals surface area (Å²) in [4.78, 5) is 0. The summed E-state index contributed by atoms with van der Waals surface area (Å²) in [7, 11) is 0. The molecule has 0 heterocycles. The zero-order chi connectivity index (χ0) is 13.7. The van der Waals surface area contributed by atoms with Crippen LogP contribution in [0.2, 0.25) is 0 Å². The lowest BCUT2D eigenvalue weighted by Gasteiger charge is -2.09. The number of nitrogens with two attached hydrogens (primary N) is 1. The third-order valence-electron chi connectivity index (χ3n) is 2.83. The second-order valence-electron chi connectivity index (χ2n) is 4.25. The van der Waals surface area contributed by atoms with Gasteiger partial charge in [-0.1, -0.05) is 18.2 Å². The van der Waals surface area contributed by atoms with E-state index in [2.05, 4.69) is 0 Å². The zero-order valence-electron chi connectivity index (χ0n) is 10.5. The number of aliphatic hydroxyl groups excluding tert-OH is 1. The van der Waals surface area contributed by atoms with Crippen LogP contribution in [0.3, 0.4) is 0 Å². The summed E-state index contributed by atoms with van der Waals surface area (Å²) < 4.78 is 18.5. The van der Waals surface area contributed by atoms with Crippen molar-refractivity contribution in [3.63, 3.8) is 0 Å². The molecule has 0 bridgehead atoms. The van der Waals surface area contributed by atoms with E-state index in [1.165, 1.54) is 12.1 Å². The minimum absolute atomic E-state index is 0.131. The van der Waals surface area contributed by atoms with Gasteiger partial charge in [-0.3, -0.25) is 0 Å². The summed E-state index contributed by atoms with van der Waals surface area (Å²) >= 11 is 0. The van der Waals surface area contributed by atoms with Crippen molar-refractivity contribution in [2.24, 2.45) is 0 Å². The molecule has 0 spiro atoms. The van der Waals surface area contributed by atoms with Crippen molar-refractivity contribution < 1.29 is 14.2 Å². The first kappa shape index (κ1) is 13.4. The SMILES string of the molecule is Nc1cc(F)ccc1COc1ccc(CCO)cc1. The van der Waals surface area contributed by atoms with Crippen molar-refractivity contribution in [2.45, 2.75) is 13.0 Å². The summed E-state index contributed by atoms with van der Waals surface area (Å²) in [6.07, 6.45) is 0.630. The van der Waals surface area contributed by atoms with E-state index >= 15 is 0 Å². The minimum atomic E-state index is -0.352. The van der Waals surface area contributed by atoms with E-state index in [0.717, 1.165) is 11.1 Å². The molecule has 0 amide bonds. The molecule has 19 heavy (non-hydrogen) atoms. The van der Waals surface area contributed by atoms with Gasteiger partial charge in [0.2, 0.25) is 0 Å². The maximum atomic E-state index is 12.9. The zero-order valence-corrected chi connectivity index (χ0v) is 10.5. The molecule has 0 saturated carbocycles. The number of nitrogen functional groups attached to an aromatic ring is 1. The van der Waals surface area contributed by atoms with Crippen molar-refractivity contribution in [2.75, 3.05) is 12.3 Å². The highest BCUT2D eigenvalue weighted by molar-refractivity contribution is 5.46. The fraction of sp³-hybridized carbons (Fsp3) is 0.200. The summed E-state index contributed by atoms with van der Waals surface area (Å²) in [5.41, 5.74) is 7.89. The molecule has 0 aromatic heterocycles. The normalized spacial score (nSPS) is 10.4. The molecule has 0 unspecified atom stereocenters. The minimum Gasteiger partial charge on any atom is -0.489 e. The van der Waals surface area contributed by atoms with Crippen LogP contribution >= 0.6 is 0 Å². The molecule has 0 atom stereocenters. The van der Waals surface area contributed by atoms with Gasteiger partial charge in [0.05, 0.1) is 0 Å². The lowest BCUT2D eigenvalue weighted by molar-refractivity contribution is 0.298. The van der Waals surface area contributed by atoms with Crippen LogP contribution < -0.4 is 10.5 Å². The molecule has 2 aromatic carbocycles. The average Bonchev–Trinajstić information content (AvgIpc) is 2.40. The molecular formula is C15H16FNO2. The van der Waals surface area contributed by atoms with E-state index in [1.807, 2.05) is 24.3 Å². The van der Waals surface area contributed by atoms with Gasteiger partial charge in [0.15, 0.2) is 0 Å². The number of hydrogen-bond acceptors (Lipinski definition) is 3. The predicted octanol–water partition coefficient (Wildman–Crippen LogP) is 2.52. The number of rotatable bonds is 5. The standard InChI is InChI=1S/C15H16FNO2/c16-13-4-3-12(15(17)9-13)10-19-14-5-1-11(2-6-14)7-8-18/h1-6,9,18H,7-8,10,17H2. The highest BCUT2D eigenvalue weighted by Gasteiger charge is 2.02. The van der Waals surface area contributed by atoms with E-state index in [0.29, 0.717) is 24.5 Å². The summed E-state index contributed by atoms with van der Waals surface area (Å²) in [5, 5.41) is 8.82. The molecule has 3 nitrogen and oxygen atoms in total. The van der Waals surface area contributed by atoms with Gasteiger partial charge in [-0.05, 0) is 36.2 Å². The Labute approximate surface area is 111 Å². The van der Waals surface area contributed by atoms with Crippen LogP contribution in [0.25, 0.3) is 0 Å². The molecule has 0 aliphatic rings. The van der Waals surface area contributed by atoms with Gasteiger partial charge in [0, 0.05) is 17.9 Å². The molecular weight excluding hydrogens is 245 g/mol. The van der Waals surface area contributed by atoms with Crippen LogP contribution in [-0.4, -0.2) is 11.7 Å². The molecule has 0 fully saturated rings. The highest BCUT2D eigenvalue weighted by atomic mass is 19.1. The van der Waals surface area contributed by atoms with Crippen LogP contribution in [0.15, 0.2) is 42.5 Å². The second kappa shape index (κ2) is 6.20. The van der Waals surface area contributed by atoms with E-state index in [4.69, 9.17) is 15.6 Å². The van der Waals surface area contributed by atoms with E-state index in [1.54, 1.807) is 6.07 Å². The van der Waals surface area contributed by atoms with Crippen molar-refractivity contribution in [1.82, 2.24) is 0 Å². The van der Waals surface area contributed by atoms with Crippen LogP contribution in [0.4, 0.5) is 10.1 Å². The highest BCUT2D eigenvalue weighted by Crippen LogP contribution is 2.18. The van der Waals surface area contributed by atoms with Crippen molar-refractivity contribution in [1.29, 1.82) is 0 Å². The summed E-state index contributed by atoms with van der Waals surface area (Å²) in [6, 6.07) is 11.7. The summed E-state index contributed by atoms with van der Waals surface area (Å²) in [5.74, 6) is 0.361. The Morgan fingerprint density at radius 1 is 1.11 bits per heavy atom. The molecule has 100 valence electrons. The lowest BCUT2D eigenvalue weighted by Crippen LogP contribution is -2.01. The maximum Gasteiger partial charge on any atom is 0.125 e. The molecule has 0 aliphatic heterocycles. The van der Waals surface area contributed by atoms with Crippen molar-refractivity contribution >= 4 is 5.69 Å². The Hall–Kier alpha value is -2.07. The van der Waals surface area contributed by atoms with Gasteiger partial charge < -0.3 is 15.6 Å². The van der Waals surface area contributed by atoms with Crippen molar-refractivity contribution in [3.8, 4) is 5.75 Å². The van der Waals surface area contributed by atoms with Gasteiger partial charge in [-0.2, -0.15) is 0 Å². The largest absolute Gasteiger partial charge is 0.489 e. The quantitative estimate of drug-likeness (QED) is 0.813. The molecule has 2 aromatic rings. The number of ether oxygens (including phenoxy) is 1. The Morgan fingerprint density at radius 3 is 2.47 bits per heavy atom.